The van der Waals surface area contributed by atoms with Gasteiger partial charge in [0.1, 0.15) is 12.7 Å². The summed E-state index contributed by atoms with van der Waals surface area (Å²) in [5.41, 5.74) is 3.43. The van der Waals surface area contributed by atoms with Crippen LogP contribution < -0.4 is 5.32 Å². The van der Waals surface area contributed by atoms with Crippen molar-refractivity contribution in [2.75, 3.05) is 13.6 Å². The molecule has 29 heavy (non-hydrogen) atoms. The topological polar surface area (TPSA) is 63.1 Å². The van der Waals surface area contributed by atoms with E-state index in [1.54, 1.807) is 15.9 Å². The molecule has 1 N–H and O–H groups in total. The summed E-state index contributed by atoms with van der Waals surface area (Å²) in [6, 6.07) is 18.5. The van der Waals surface area contributed by atoms with Crippen LogP contribution in [0.2, 0.25) is 0 Å². The standard InChI is InChI=1S/C23H27N5O/c1-18(19-9-11-21(12-10-19)28-17-24-16-26-28)27(2)22(29)25-15-23(13-6-14-23)20-7-4-3-5-8-20/h3-5,7-12,16-18H,6,13-15H2,1-2H3,(H,25,29). The maximum absolute atomic E-state index is 12.8. The molecule has 1 atom stereocenters. The zero-order valence-corrected chi connectivity index (χ0v) is 17.0. The Bertz CT molecular complexity index is 933. The number of nitrogens with zero attached hydrogens (tertiary/aromatic N) is 4. The Morgan fingerprint density at radius 2 is 1.90 bits per heavy atom. The van der Waals surface area contributed by atoms with Crippen LogP contribution in [0.5, 0.6) is 0 Å². The number of hydrogen-bond acceptors (Lipinski definition) is 3. The van der Waals surface area contributed by atoms with Crippen LogP contribution in [-0.4, -0.2) is 39.3 Å². The van der Waals surface area contributed by atoms with Crippen LogP contribution in [0.1, 0.15) is 43.4 Å². The molecule has 1 aliphatic carbocycles. The largest absolute Gasteiger partial charge is 0.337 e. The molecule has 0 saturated heterocycles. The smallest absolute Gasteiger partial charge is 0.317 e. The molecule has 1 fully saturated rings. The molecule has 3 aromatic rings. The maximum Gasteiger partial charge on any atom is 0.317 e. The summed E-state index contributed by atoms with van der Waals surface area (Å²) in [6.07, 6.45) is 6.65. The summed E-state index contributed by atoms with van der Waals surface area (Å²) in [6.45, 7) is 2.72. The molecule has 150 valence electrons. The van der Waals surface area contributed by atoms with E-state index in [4.69, 9.17) is 0 Å². The zero-order valence-electron chi connectivity index (χ0n) is 17.0. The number of benzene rings is 2. The molecule has 4 rings (SSSR count). The number of hydrogen-bond donors (Lipinski definition) is 1. The molecule has 1 heterocycles. The molecule has 6 nitrogen and oxygen atoms in total. The quantitative estimate of drug-likeness (QED) is 0.691. The Labute approximate surface area is 171 Å². The monoisotopic (exact) mass is 389 g/mol. The first-order valence-electron chi connectivity index (χ1n) is 10.1. The SMILES string of the molecule is CC(c1ccc(-n2cncn2)cc1)N(C)C(=O)NCC1(c2ccccc2)CCC1. The number of rotatable bonds is 6. The van der Waals surface area contributed by atoms with Gasteiger partial charge in [0.05, 0.1) is 11.7 Å². The van der Waals surface area contributed by atoms with Gasteiger partial charge in [0, 0.05) is 19.0 Å². The Balaban J connectivity index is 1.38. The highest BCUT2D eigenvalue weighted by molar-refractivity contribution is 5.74. The first-order valence-corrected chi connectivity index (χ1v) is 10.1. The van der Waals surface area contributed by atoms with Crippen molar-refractivity contribution in [1.82, 2.24) is 25.0 Å². The molecule has 0 bridgehead atoms. The lowest BCUT2D eigenvalue weighted by Crippen LogP contribution is -2.49. The first kappa shape index (κ1) is 19.2. The van der Waals surface area contributed by atoms with Gasteiger partial charge in [-0.05, 0) is 43.0 Å². The average Bonchev–Trinajstić information content (AvgIpc) is 3.27. The molecule has 1 aliphatic rings. The minimum atomic E-state index is -0.0416. The van der Waals surface area contributed by atoms with Gasteiger partial charge >= 0.3 is 6.03 Å². The van der Waals surface area contributed by atoms with Crippen LogP contribution in [0.25, 0.3) is 5.69 Å². The molecular weight excluding hydrogens is 362 g/mol. The summed E-state index contributed by atoms with van der Waals surface area (Å²) < 4.78 is 1.71. The predicted molar refractivity (Wildman–Crippen MR) is 113 cm³/mol. The van der Waals surface area contributed by atoms with Crippen molar-refractivity contribution in [2.45, 2.75) is 37.6 Å². The maximum atomic E-state index is 12.8. The normalized spacial score (nSPS) is 15.9. The van der Waals surface area contributed by atoms with Crippen LogP contribution in [0.3, 0.4) is 0 Å². The van der Waals surface area contributed by atoms with Gasteiger partial charge in [0.15, 0.2) is 0 Å². The number of urea groups is 1. The summed E-state index contributed by atoms with van der Waals surface area (Å²) in [4.78, 5) is 18.6. The molecule has 6 heteroatoms. The predicted octanol–water partition coefficient (Wildman–Crippen LogP) is 4.09. The van der Waals surface area contributed by atoms with E-state index in [1.807, 2.05) is 44.3 Å². The van der Waals surface area contributed by atoms with Crippen LogP contribution in [0.15, 0.2) is 67.3 Å². The van der Waals surface area contributed by atoms with Crippen LogP contribution in [-0.2, 0) is 5.41 Å². The van der Waals surface area contributed by atoms with Gasteiger partial charge in [0.25, 0.3) is 0 Å². The molecular formula is C23H27N5O. The molecule has 0 aliphatic heterocycles. The van der Waals surface area contributed by atoms with Crippen molar-refractivity contribution in [2.24, 2.45) is 0 Å². The third-order valence-corrected chi connectivity index (χ3v) is 6.23. The van der Waals surface area contributed by atoms with Crippen LogP contribution in [0, 0.1) is 0 Å². The van der Waals surface area contributed by atoms with E-state index < -0.39 is 0 Å². The van der Waals surface area contributed by atoms with E-state index in [1.165, 1.54) is 18.3 Å². The Morgan fingerprint density at radius 1 is 1.17 bits per heavy atom. The fourth-order valence-corrected chi connectivity index (χ4v) is 3.98. The summed E-state index contributed by atoms with van der Waals surface area (Å²) in [5.74, 6) is 0. The average molecular weight is 390 g/mol. The van der Waals surface area contributed by atoms with Gasteiger partial charge in [-0.1, -0.05) is 48.9 Å². The third kappa shape index (κ3) is 3.88. The zero-order chi connectivity index (χ0) is 20.3. The minimum absolute atomic E-state index is 0.0335. The second-order valence-electron chi connectivity index (χ2n) is 7.88. The van der Waals surface area contributed by atoms with Gasteiger partial charge in [0.2, 0.25) is 0 Å². The van der Waals surface area contributed by atoms with Gasteiger partial charge in [-0.15, -0.1) is 0 Å². The fraction of sp³-hybridized carbons (Fsp3) is 0.348. The van der Waals surface area contributed by atoms with Crippen molar-refractivity contribution in [3.05, 3.63) is 78.4 Å². The molecule has 1 aromatic heterocycles. The fourth-order valence-electron chi connectivity index (χ4n) is 3.98. The molecule has 0 radical (unpaired) electrons. The van der Waals surface area contributed by atoms with E-state index in [-0.39, 0.29) is 17.5 Å². The highest BCUT2D eigenvalue weighted by Crippen LogP contribution is 2.43. The second-order valence-corrected chi connectivity index (χ2v) is 7.88. The number of aromatic nitrogens is 3. The van der Waals surface area contributed by atoms with Crippen molar-refractivity contribution in [1.29, 1.82) is 0 Å². The molecule has 0 spiro atoms. The molecule has 1 unspecified atom stereocenters. The molecule has 2 aromatic carbocycles. The minimum Gasteiger partial charge on any atom is -0.337 e. The van der Waals surface area contributed by atoms with Crippen LogP contribution >= 0.6 is 0 Å². The van der Waals surface area contributed by atoms with Gasteiger partial charge in [-0.3, -0.25) is 0 Å². The summed E-state index contributed by atoms with van der Waals surface area (Å²) in [5, 5.41) is 7.31. The summed E-state index contributed by atoms with van der Waals surface area (Å²) in [7, 11) is 1.85. The van der Waals surface area contributed by atoms with Gasteiger partial charge in [-0.2, -0.15) is 5.10 Å². The first-order chi connectivity index (χ1) is 14.1. The highest BCUT2D eigenvalue weighted by atomic mass is 16.2. The van der Waals surface area contributed by atoms with Crippen molar-refractivity contribution >= 4 is 6.03 Å². The molecule has 1 saturated carbocycles. The van der Waals surface area contributed by atoms with Gasteiger partial charge in [-0.25, -0.2) is 14.5 Å². The van der Waals surface area contributed by atoms with E-state index in [9.17, 15) is 4.79 Å². The van der Waals surface area contributed by atoms with Crippen molar-refractivity contribution < 1.29 is 4.79 Å². The van der Waals surface area contributed by atoms with E-state index in [2.05, 4.69) is 39.7 Å². The Kier molecular flexibility index (Phi) is 5.34. The number of nitrogens with one attached hydrogen (secondary N) is 1. The third-order valence-electron chi connectivity index (χ3n) is 6.23. The Morgan fingerprint density at radius 3 is 2.48 bits per heavy atom. The molecule has 2 amide bonds. The van der Waals surface area contributed by atoms with Crippen molar-refractivity contribution in [3.63, 3.8) is 0 Å². The lowest BCUT2D eigenvalue weighted by atomic mass is 9.64. The van der Waals surface area contributed by atoms with E-state index in [0.717, 1.165) is 24.1 Å². The van der Waals surface area contributed by atoms with Crippen molar-refractivity contribution in [3.8, 4) is 5.69 Å². The number of carbonyl (C=O) groups is 1. The highest BCUT2D eigenvalue weighted by Gasteiger charge is 2.39. The van der Waals surface area contributed by atoms with E-state index >= 15 is 0 Å². The summed E-state index contributed by atoms with van der Waals surface area (Å²) >= 11 is 0. The van der Waals surface area contributed by atoms with Crippen LogP contribution in [0.4, 0.5) is 4.79 Å². The second kappa shape index (κ2) is 8.07. The number of carbonyl (C=O) groups excluding carboxylic acids is 1. The van der Waals surface area contributed by atoms with E-state index in [0.29, 0.717) is 6.54 Å². The Hall–Kier alpha value is -3.15. The lowest BCUT2D eigenvalue weighted by Gasteiger charge is -2.43. The number of amides is 2. The lowest BCUT2D eigenvalue weighted by molar-refractivity contribution is 0.180. The van der Waals surface area contributed by atoms with Gasteiger partial charge < -0.3 is 10.2 Å².